The molecule has 0 saturated heterocycles. The molecule has 0 amide bonds. The van der Waals surface area contributed by atoms with Gasteiger partial charge in [-0.3, -0.25) is 10.4 Å². The number of hydrogen-bond donors (Lipinski definition) is 3. The van der Waals surface area contributed by atoms with E-state index in [2.05, 4.69) is 10.3 Å². The molecule has 2 aromatic rings. The van der Waals surface area contributed by atoms with Crippen molar-refractivity contribution in [1.82, 2.24) is 4.98 Å². The Kier molecular flexibility index (Phi) is 3.35. The number of nitrogens with zero attached hydrogens (tertiary/aromatic N) is 1. The summed E-state index contributed by atoms with van der Waals surface area (Å²) in [7, 11) is 0. The molecule has 0 atom stereocenters. The van der Waals surface area contributed by atoms with E-state index < -0.39 is 0 Å². The molecular formula is C13H14N4. The fourth-order valence-corrected chi connectivity index (χ4v) is 1.60. The van der Waals surface area contributed by atoms with Gasteiger partial charge in [0.1, 0.15) is 0 Å². The van der Waals surface area contributed by atoms with Gasteiger partial charge in [-0.15, -0.1) is 0 Å². The zero-order chi connectivity index (χ0) is 12.1. The van der Waals surface area contributed by atoms with Crippen molar-refractivity contribution in [2.45, 2.75) is 6.42 Å². The van der Waals surface area contributed by atoms with E-state index in [4.69, 9.17) is 11.1 Å². The van der Waals surface area contributed by atoms with Gasteiger partial charge in [-0.05, 0) is 41.8 Å². The maximum absolute atomic E-state index is 7.12. The average Bonchev–Trinajstić information content (AvgIpc) is 2.32. The summed E-state index contributed by atoms with van der Waals surface area (Å²) in [6, 6.07) is 11.9. The molecule has 0 aliphatic carbocycles. The number of anilines is 1. The number of nitrogens with one attached hydrogen (secondary N) is 2. The van der Waals surface area contributed by atoms with Crippen molar-refractivity contribution < 1.29 is 0 Å². The number of benzene rings is 1. The highest BCUT2D eigenvalue weighted by atomic mass is 15.0. The summed E-state index contributed by atoms with van der Waals surface area (Å²) in [5.41, 5.74) is 8.52. The molecule has 4 nitrogen and oxygen atoms in total. The van der Waals surface area contributed by atoms with E-state index >= 15 is 0 Å². The molecule has 4 heteroatoms. The molecule has 1 heterocycles. The molecule has 1 aromatic heterocycles. The standard InChI is InChI=1S/C13H14N4/c14-13(15)17-12-3-1-10(2-4-12)9-11-5-7-16-8-6-11/h1-8H,9H2,(H4,14,15,17). The summed E-state index contributed by atoms with van der Waals surface area (Å²) in [6.07, 6.45) is 4.46. The SMILES string of the molecule is N=C(N)Nc1ccc(Cc2ccncc2)cc1. The third kappa shape index (κ3) is 3.31. The molecule has 4 N–H and O–H groups in total. The Hall–Kier alpha value is -2.36. The van der Waals surface area contributed by atoms with Gasteiger partial charge in [0.2, 0.25) is 0 Å². The molecule has 0 radical (unpaired) electrons. The quantitative estimate of drug-likeness (QED) is 0.553. The third-order valence-electron chi connectivity index (χ3n) is 2.39. The molecule has 0 spiro atoms. The number of pyridine rings is 1. The van der Waals surface area contributed by atoms with Crippen molar-refractivity contribution in [3.63, 3.8) is 0 Å². The smallest absolute Gasteiger partial charge is 0.190 e. The van der Waals surface area contributed by atoms with Crippen molar-refractivity contribution in [2.24, 2.45) is 5.73 Å². The molecule has 0 bridgehead atoms. The minimum absolute atomic E-state index is 0.0492. The fourth-order valence-electron chi connectivity index (χ4n) is 1.60. The minimum Gasteiger partial charge on any atom is -0.370 e. The van der Waals surface area contributed by atoms with Crippen LogP contribution in [0, 0.1) is 5.41 Å². The van der Waals surface area contributed by atoms with E-state index in [1.54, 1.807) is 12.4 Å². The predicted molar refractivity (Wildman–Crippen MR) is 69.0 cm³/mol. The summed E-state index contributed by atoms with van der Waals surface area (Å²) in [5, 5.41) is 9.87. The minimum atomic E-state index is -0.0492. The molecular weight excluding hydrogens is 212 g/mol. The number of aromatic nitrogens is 1. The molecule has 0 aliphatic rings. The lowest BCUT2D eigenvalue weighted by atomic mass is 10.1. The van der Waals surface area contributed by atoms with Crippen LogP contribution in [-0.2, 0) is 6.42 Å². The van der Waals surface area contributed by atoms with Crippen LogP contribution in [0.25, 0.3) is 0 Å². The van der Waals surface area contributed by atoms with Gasteiger partial charge in [0.05, 0.1) is 0 Å². The summed E-state index contributed by atoms with van der Waals surface area (Å²) >= 11 is 0. The third-order valence-corrected chi connectivity index (χ3v) is 2.39. The number of hydrogen-bond acceptors (Lipinski definition) is 2. The van der Waals surface area contributed by atoms with E-state index in [9.17, 15) is 0 Å². The van der Waals surface area contributed by atoms with Crippen LogP contribution < -0.4 is 11.1 Å². The topological polar surface area (TPSA) is 74.8 Å². The number of guanidine groups is 1. The van der Waals surface area contributed by atoms with Crippen LogP contribution in [0.4, 0.5) is 5.69 Å². The Labute approximate surface area is 100 Å². The highest BCUT2D eigenvalue weighted by Crippen LogP contribution is 2.12. The van der Waals surface area contributed by atoms with Crippen molar-refractivity contribution in [2.75, 3.05) is 5.32 Å². The second kappa shape index (κ2) is 5.12. The number of nitrogens with two attached hydrogens (primary N) is 1. The van der Waals surface area contributed by atoms with Crippen molar-refractivity contribution in [1.29, 1.82) is 5.41 Å². The van der Waals surface area contributed by atoms with Crippen LogP contribution >= 0.6 is 0 Å². The molecule has 0 aliphatic heterocycles. The van der Waals surface area contributed by atoms with Gasteiger partial charge in [-0.1, -0.05) is 12.1 Å². The van der Waals surface area contributed by atoms with Gasteiger partial charge in [0, 0.05) is 18.1 Å². The van der Waals surface area contributed by atoms with Crippen LogP contribution in [-0.4, -0.2) is 10.9 Å². The second-order valence-corrected chi connectivity index (χ2v) is 3.77. The lowest BCUT2D eigenvalue weighted by molar-refractivity contribution is 1.16. The summed E-state index contributed by atoms with van der Waals surface area (Å²) in [6.45, 7) is 0. The van der Waals surface area contributed by atoms with Gasteiger partial charge in [-0.2, -0.15) is 0 Å². The van der Waals surface area contributed by atoms with E-state index in [1.807, 2.05) is 36.4 Å². The zero-order valence-electron chi connectivity index (χ0n) is 9.35. The Balaban J connectivity index is 2.06. The Morgan fingerprint density at radius 3 is 2.24 bits per heavy atom. The zero-order valence-corrected chi connectivity index (χ0v) is 9.35. The molecule has 86 valence electrons. The Morgan fingerprint density at radius 1 is 1.06 bits per heavy atom. The van der Waals surface area contributed by atoms with E-state index in [-0.39, 0.29) is 5.96 Å². The first-order valence-corrected chi connectivity index (χ1v) is 5.33. The molecule has 2 rings (SSSR count). The first-order valence-electron chi connectivity index (χ1n) is 5.33. The Morgan fingerprint density at radius 2 is 1.65 bits per heavy atom. The van der Waals surface area contributed by atoms with E-state index in [0.717, 1.165) is 12.1 Å². The maximum Gasteiger partial charge on any atom is 0.190 e. The monoisotopic (exact) mass is 226 g/mol. The molecule has 1 aromatic carbocycles. The van der Waals surface area contributed by atoms with Crippen molar-refractivity contribution >= 4 is 11.6 Å². The summed E-state index contributed by atoms with van der Waals surface area (Å²) < 4.78 is 0. The van der Waals surface area contributed by atoms with Gasteiger partial charge >= 0.3 is 0 Å². The second-order valence-electron chi connectivity index (χ2n) is 3.77. The fraction of sp³-hybridized carbons (Fsp3) is 0.0769. The molecule has 0 fully saturated rings. The van der Waals surface area contributed by atoms with Crippen LogP contribution in [0.5, 0.6) is 0 Å². The van der Waals surface area contributed by atoms with E-state index in [1.165, 1.54) is 11.1 Å². The lowest BCUT2D eigenvalue weighted by Gasteiger charge is -2.05. The normalized spacial score (nSPS) is 9.88. The van der Waals surface area contributed by atoms with Crippen molar-refractivity contribution in [3.8, 4) is 0 Å². The predicted octanol–water partition coefficient (Wildman–Crippen LogP) is 1.98. The molecule has 17 heavy (non-hydrogen) atoms. The maximum atomic E-state index is 7.12. The molecule has 0 saturated carbocycles. The van der Waals surface area contributed by atoms with Gasteiger partial charge in [-0.25, -0.2) is 0 Å². The number of rotatable bonds is 3. The van der Waals surface area contributed by atoms with Crippen LogP contribution in [0.2, 0.25) is 0 Å². The lowest BCUT2D eigenvalue weighted by Crippen LogP contribution is -2.20. The molecule has 0 unspecified atom stereocenters. The van der Waals surface area contributed by atoms with E-state index in [0.29, 0.717) is 0 Å². The van der Waals surface area contributed by atoms with Crippen LogP contribution in [0.3, 0.4) is 0 Å². The van der Waals surface area contributed by atoms with Crippen molar-refractivity contribution in [3.05, 3.63) is 59.9 Å². The van der Waals surface area contributed by atoms with Gasteiger partial charge in [0.25, 0.3) is 0 Å². The Bertz CT molecular complexity index is 491. The largest absolute Gasteiger partial charge is 0.370 e. The summed E-state index contributed by atoms with van der Waals surface area (Å²) in [4.78, 5) is 3.99. The van der Waals surface area contributed by atoms with Crippen LogP contribution in [0.1, 0.15) is 11.1 Å². The van der Waals surface area contributed by atoms with Crippen LogP contribution in [0.15, 0.2) is 48.8 Å². The highest BCUT2D eigenvalue weighted by Gasteiger charge is 1.97. The first-order chi connectivity index (χ1) is 8.24. The summed E-state index contributed by atoms with van der Waals surface area (Å²) in [5.74, 6) is -0.0492. The first kappa shape index (κ1) is 11.1. The van der Waals surface area contributed by atoms with Gasteiger partial charge in [0.15, 0.2) is 5.96 Å². The highest BCUT2D eigenvalue weighted by molar-refractivity contribution is 5.89. The average molecular weight is 226 g/mol. The van der Waals surface area contributed by atoms with Gasteiger partial charge < -0.3 is 11.1 Å².